The molecule has 0 aliphatic rings. The Kier molecular flexibility index (Phi) is 4.43. The Morgan fingerprint density at radius 3 is 2.48 bits per heavy atom. The van der Waals surface area contributed by atoms with E-state index in [9.17, 15) is 15.1 Å². The van der Waals surface area contributed by atoms with Crippen LogP contribution in [0.4, 0.5) is 5.69 Å². The van der Waals surface area contributed by atoms with Crippen molar-refractivity contribution in [2.45, 2.75) is 0 Å². The molecule has 0 unspecified atom stereocenters. The molecule has 0 radical (unpaired) electrons. The fourth-order valence-electron chi connectivity index (χ4n) is 2.43. The van der Waals surface area contributed by atoms with Gasteiger partial charge in [0.15, 0.2) is 0 Å². The van der Waals surface area contributed by atoms with E-state index in [1.165, 1.54) is 24.4 Å². The number of benzene rings is 3. The van der Waals surface area contributed by atoms with Crippen molar-refractivity contribution >= 4 is 28.4 Å². The summed E-state index contributed by atoms with van der Waals surface area (Å²) in [7, 11) is 0. The van der Waals surface area contributed by atoms with Crippen molar-refractivity contribution in [2.24, 2.45) is 10.3 Å². The monoisotopic (exact) mass is 333 g/mol. The predicted octanol–water partition coefficient (Wildman–Crippen LogP) is 4.24. The van der Waals surface area contributed by atoms with Crippen LogP contribution >= 0.6 is 0 Å². The van der Waals surface area contributed by atoms with Crippen LogP contribution in [0.25, 0.3) is 16.5 Å². The minimum absolute atomic E-state index is 0.0507. The summed E-state index contributed by atoms with van der Waals surface area (Å²) < 4.78 is 0. The lowest BCUT2D eigenvalue weighted by Crippen LogP contribution is -2.04. The van der Waals surface area contributed by atoms with E-state index >= 15 is 0 Å². The van der Waals surface area contributed by atoms with Gasteiger partial charge >= 0.3 is 0 Å². The maximum absolute atomic E-state index is 10.8. The lowest BCUT2D eigenvalue weighted by atomic mass is 10.0. The quantitative estimate of drug-likeness (QED) is 0.370. The summed E-state index contributed by atoms with van der Waals surface area (Å²) in [5.41, 5.74) is 4.17. The molecule has 0 spiro atoms. The summed E-state index contributed by atoms with van der Waals surface area (Å²) >= 11 is 0. The second-order valence-corrected chi connectivity index (χ2v) is 5.40. The number of nitrogens with zero attached hydrogens (tertiary/aromatic N) is 2. The van der Waals surface area contributed by atoms with Gasteiger partial charge in [-0.15, -0.1) is 4.91 Å². The van der Waals surface area contributed by atoms with Gasteiger partial charge in [0, 0.05) is 17.2 Å². The highest BCUT2D eigenvalue weighted by atomic mass is 16.3. The van der Waals surface area contributed by atoms with Crippen molar-refractivity contribution in [3.63, 3.8) is 0 Å². The van der Waals surface area contributed by atoms with Crippen LogP contribution in [0.3, 0.4) is 0 Å². The highest BCUT2D eigenvalue weighted by Crippen LogP contribution is 2.28. The lowest BCUT2D eigenvalue weighted by Gasteiger charge is -2.09. The first kappa shape index (κ1) is 16.2. The third-order valence-electron chi connectivity index (χ3n) is 3.70. The Hall–Kier alpha value is -3.67. The van der Waals surface area contributed by atoms with Crippen molar-refractivity contribution < 1.29 is 10.2 Å². The average molecular weight is 333 g/mol. The third-order valence-corrected chi connectivity index (χ3v) is 3.70. The standard InChI is InChI=1S/C19H15N3O3/c1-12(17-8-13-4-2-3-5-14(13)9-19(17)24)21-20-11-15-6-7-16(23)10-18(15)22-25/h2-11,21,23-24H,1H2/b20-11+. The summed E-state index contributed by atoms with van der Waals surface area (Å²) in [6.45, 7) is 3.87. The number of aromatic hydroxyl groups is 2. The number of phenolic OH excluding ortho intramolecular Hbond substituents is 2. The molecule has 0 aliphatic carbocycles. The number of nitroso groups, excluding NO2 is 1. The van der Waals surface area contributed by atoms with Gasteiger partial charge in [-0.3, -0.25) is 5.43 Å². The third kappa shape index (κ3) is 3.48. The van der Waals surface area contributed by atoms with Crippen LogP contribution in [-0.2, 0) is 0 Å². The van der Waals surface area contributed by atoms with E-state index in [0.29, 0.717) is 16.8 Å². The van der Waals surface area contributed by atoms with E-state index in [-0.39, 0.29) is 17.2 Å². The molecule has 25 heavy (non-hydrogen) atoms. The van der Waals surface area contributed by atoms with Gasteiger partial charge < -0.3 is 10.2 Å². The summed E-state index contributed by atoms with van der Waals surface area (Å²) in [6.07, 6.45) is 1.39. The molecule has 6 nitrogen and oxygen atoms in total. The van der Waals surface area contributed by atoms with Gasteiger partial charge in [0.25, 0.3) is 0 Å². The van der Waals surface area contributed by atoms with Gasteiger partial charge in [0.05, 0.1) is 11.9 Å². The Balaban J connectivity index is 1.81. The number of fused-ring (bicyclic) bond motifs is 1. The molecular weight excluding hydrogens is 318 g/mol. The zero-order chi connectivity index (χ0) is 17.8. The molecule has 0 saturated heterocycles. The van der Waals surface area contributed by atoms with Crippen LogP contribution in [0, 0.1) is 4.91 Å². The van der Waals surface area contributed by atoms with Gasteiger partial charge in [-0.1, -0.05) is 30.8 Å². The van der Waals surface area contributed by atoms with E-state index < -0.39 is 0 Å². The number of hydrogen-bond acceptors (Lipinski definition) is 6. The van der Waals surface area contributed by atoms with E-state index in [0.717, 1.165) is 10.8 Å². The largest absolute Gasteiger partial charge is 0.508 e. The van der Waals surface area contributed by atoms with Crippen LogP contribution in [0.2, 0.25) is 0 Å². The summed E-state index contributed by atoms with van der Waals surface area (Å²) in [5.74, 6) is 0.0384. The molecule has 6 heteroatoms. The number of hydrogen-bond donors (Lipinski definition) is 3. The maximum atomic E-state index is 10.8. The van der Waals surface area contributed by atoms with E-state index in [4.69, 9.17) is 0 Å². The Bertz CT molecular complexity index is 996. The molecule has 3 aromatic carbocycles. The highest BCUT2D eigenvalue weighted by molar-refractivity contribution is 5.89. The Morgan fingerprint density at radius 2 is 1.76 bits per heavy atom. The molecule has 0 heterocycles. The molecule has 0 bridgehead atoms. The van der Waals surface area contributed by atoms with Gasteiger partial charge in [-0.05, 0) is 40.2 Å². The number of rotatable bonds is 5. The molecule has 3 aromatic rings. The van der Waals surface area contributed by atoms with Crippen LogP contribution in [0.1, 0.15) is 11.1 Å². The molecule has 0 atom stereocenters. The van der Waals surface area contributed by atoms with Crippen molar-refractivity contribution in [1.29, 1.82) is 0 Å². The highest BCUT2D eigenvalue weighted by Gasteiger charge is 2.07. The second kappa shape index (κ2) is 6.84. The fraction of sp³-hybridized carbons (Fsp3) is 0. The van der Waals surface area contributed by atoms with Crippen LogP contribution < -0.4 is 5.43 Å². The van der Waals surface area contributed by atoms with Gasteiger partial charge in [-0.2, -0.15) is 5.10 Å². The topological polar surface area (TPSA) is 94.3 Å². The van der Waals surface area contributed by atoms with Crippen LogP contribution in [0.5, 0.6) is 11.5 Å². The van der Waals surface area contributed by atoms with E-state index in [2.05, 4.69) is 22.3 Å². The molecular formula is C19H15N3O3. The van der Waals surface area contributed by atoms with Gasteiger partial charge in [0.2, 0.25) is 0 Å². The Labute approximate surface area is 143 Å². The molecule has 0 fully saturated rings. The summed E-state index contributed by atoms with van der Waals surface area (Å²) in [6, 6.07) is 15.3. The smallest absolute Gasteiger partial charge is 0.125 e. The van der Waals surface area contributed by atoms with Crippen molar-refractivity contribution in [2.75, 3.05) is 0 Å². The average Bonchev–Trinajstić information content (AvgIpc) is 2.62. The molecule has 3 rings (SSSR count). The van der Waals surface area contributed by atoms with Crippen molar-refractivity contribution in [3.05, 3.63) is 77.2 Å². The predicted molar refractivity (Wildman–Crippen MR) is 98.9 cm³/mol. The van der Waals surface area contributed by atoms with Crippen LogP contribution in [-0.4, -0.2) is 16.4 Å². The molecule has 3 N–H and O–H groups in total. The molecule has 0 saturated carbocycles. The number of hydrazone groups is 1. The summed E-state index contributed by atoms with van der Waals surface area (Å²) in [5, 5.41) is 28.3. The first-order valence-electron chi connectivity index (χ1n) is 7.45. The summed E-state index contributed by atoms with van der Waals surface area (Å²) in [4.78, 5) is 10.8. The normalized spacial score (nSPS) is 10.9. The Morgan fingerprint density at radius 1 is 1.04 bits per heavy atom. The number of phenols is 2. The molecule has 0 aliphatic heterocycles. The fourth-order valence-corrected chi connectivity index (χ4v) is 2.43. The lowest BCUT2D eigenvalue weighted by molar-refractivity contribution is 0.474. The first-order valence-corrected chi connectivity index (χ1v) is 7.45. The SMILES string of the molecule is C=C(N/N=C/c1ccc(O)cc1N=O)c1cc2ccccc2cc1O. The van der Waals surface area contributed by atoms with Crippen molar-refractivity contribution in [1.82, 2.24) is 5.43 Å². The van der Waals surface area contributed by atoms with Crippen molar-refractivity contribution in [3.8, 4) is 11.5 Å². The van der Waals surface area contributed by atoms with Crippen LogP contribution in [0.15, 0.2) is 71.5 Å². The molecule has 124 valence electrons. The van der Waals surface area contributed by atoms with Gasteiger partial charge in [0.1, 0.15) is 17.2 Å². The van der Waals surface area contributed by atoms with E-state index in [1.54, 1.807) is 6.07 Å². The maximum Gasteiger partial charge on any atom is 0.125 e. The minimum atomic E-state index is -0.0507. The number of nitrogens with one attached hydrogen (secondary N) is 1. The molecule has 0 amide bonds. The van der Waals surface area contributed by atoms with E-state index in [1.807, 2.05) is 30.3 Å². The van der Waals surface area contributed by atoms with Gasteiger partial charge in [-0.25, -0.2) is 0 Å². The first-order chi connectivity index (χ1) is 12.1. The molecule has 0 aromatic heterocycles. The second-order valence-electron chi connectivity index (χ2n) is 5.40. The minimum Gasteiger partial charge on any atom is -0.508 e. The zero-order valence-corrected chi connectivity index (χ0v) is 13.2. The zero-order valence-electron chi connectivity index (χ0n) is 13.2.